The van der Waals surface area contributed by atoms with Crippen LogP contribution in [0.4, 0.5) is 0 Å². The average molecular weight is 268 g/mol. The number of hydrogen-bond donors (Lipinski definition) is 1. The lowest BCUT2D eigenvalue weighted by molar-refractivity contribution is 0.470. The van der Waals surface area contributed by atoms with Crippen LogP contribution in [0.15, 0.2) is 0 Å². The maximum Gasteiger partial charge on any atom is 0.00413 e. The van der Waals surface area contributed by atoms with Crippen LogP contribution in [0.2, 0.25) is 0 Å². The van der Waals surface area contributed by atoms with Crippen molar-refractivity contribution in [1.82, 2.24) is 5.32 Å². The van der Waals surface area contributed by atoms with Gasteiger partial charge in [-0.2, -0.15) is 0 Å². The van der Waals surface area contributed by atoms with Gasteiger partial charge in [-0.15, -0.1) is 0 Å². The minimum atomic E-state index is 0.756. The summed E-state index contributed by atoms with van der Waals surface area (Å²) in [4.78, 5) is 0. The van der Waals surface area contributed by atoms with E-state index >= 15 is 0 Å². The largest absolute Gasteiger partial charge is 0.314 e. The number of rotatable bonds is 14. The van der Waals surface area contributed by atoms with Gasteiger partial charge in [0.15, 0.2) is 0 Å². The van der Waals surface area contributed by atoms with E-state index in [0.717, 1.165) is 12.0 Å². The van der Waals surface area contributed by atoms with Crippen LogP contribution in [-0.4, -0.2) is 12.6 Å². The fourth-order valence-electron chi connectivity index (χ4n) is 2.90. The molecule has 1 heteroatoms. The fourth-order valence-corrected chi connectivity index (χ4v) is 2.90. The van der Waals surface area contributed by atoms with Crippen LogP contribution in [0, 0.1) is 5.92 Å². The summed E-state index contributed by atoms with van der Waals surface area (Å²) in [6.45, 7) is 5.89. The Bertz CT molecular complexity index is 186. The zero-order valence-corrected chi connectivity index (χ0v) is 13.6. The maximum atomic E-state index is 3.68. The lowest BCUT2D eigenvalue weighted by Crippen LogP contribution is -2.27. The van der Waals surface area contributed by atoms with Gasteiger partial charge in [-0.25, -0.2) is 0 Å². The second-order valence-electron chi connectivity index (χ2n) is 6.72. The average Bonchev–Trinajstić information content (AvgIpc) is 3.20. The molecule has 0 aromatic heterocycles. The van der Waals surface area contributed by atoms with Gasteiger partial charge in [-0.05, 0) is 32.2 Å². The van der Waals surface area contributed by atoms with Gasteiger partial charge in [0.05, 0.1) is 0 Å². The second kappa shape index (κ2) is 11.8. The SMILES string of the molecule is CCCCCCCCCCCCNC(C)CC1CC1. The van der Waals surface area contributed by atoms with Crippen molar-refractivity contribution in [2.24, 2.45) is 5.92 Å². The molecule has 1 rings (SSSR count). The normalized spacial score (nSPS) is 16.7. The molecule has 1 unspecified atom stereocenters. The van der Waals surface area contributed by atoms with E-state index in [1.807, 2.05) is 0 Å². The van der Waals surface area contributed by atoms with Crippen molar-refractivity contribution in [2.75, 3.05) is 6.54 Å². The molecule has 1 nitrogen and oxygen atoms in total. The minimum absolute atomic E-state index is 0.756. The smallest absolute Gasteiger partial charge is 0.00413 e. The third-order valence-electron chi connectivity index (χ3n) is 4.41. The zero-order chi connectivity index (χ0) is 13.8. The van der Waals surface area contributed by atoms with Gasteiger partial charge in [0.2, 0.25) is 0 Å². The Labute approximate surface area is 121 Å². The first kappa shape index (κ1) is 17.0. The van der Waals surface area contributed by atoms with Crippen LogP contribution < -0.4 is 5.32 Å². The number of hydrogen-bond acceptors (Lipinski definition) is 1. The first-order valence-electron chi connectivity index (χ1n) is 9.06. The predicted octanol–water partition coefficient (Wildman–Crippen LogP) is 5.69. The lowest BCUT2D eigenvalue weighted by atomic mass is 10.1. The standard InChI is InChI=1S/C18H37N/c1-3-4-5-6-7-8-9-10-11-12-15-19-17(2)16-18-13-14-18/h17-19H,3-16H2,1-2H3. The molecule has 0 aromatic rings. The third-order valence-corrected chi connectivity index (χ3v) is 4.41. The topological polar surface area (TPSA) is 12.0 Å². The zero-order valence-electron chi connectivity index (χ0n) is 13.6. The molecule has 1 aliphatic carbocycles. The Morgan fingerprint density at radius 2 is 1.37 bits per heavy atom. The van der Waals surface area contributed by atoms with Gasteiger partial charge in [-0.3, -0.25) is 0 Å². The van der Waals surface area contributed by atoms with Crippen molar-refractivity contribution in [1.29, 1.82) is 0 Å². The van der Waals surface area contributed by atoms with Crippen molar-refractivity contribution in [2.45, 2.75) is 103 Å². The Morgan fingerprint density at radius 3 is 1.89 bits per heavy atom. The Morgan fingerprint density at radius 1 is 0.842 bits per heavy atom. The van der Waals surface area contributed by atoms with Gasteiger partial charge < -0.3 is 5.32 Å². The molecular formula is C18H37N. The van der Waals surface area contributed by atoms with Crippen LogP contribution in [0.1, 0.15) is 97.3 Å². The summed E-state index contributed by atoms with van der Waals surface area (Å²) >= 11 is 0. The van der Waals surface area contributed by atoms with E-state index in [1.54, 1.807) is 0 Å². The van der Waals surface area contributed by atoms with Crippen molar-refractivity contribution >= 4 is 0 Å². The maximum absolute atomic E-state index is 3.68. The molecule has 0 heterocycles. The van der Waals surface area contributed by atoms with Crippen LogP contribution in [0.3, 0.4) is 0 Å². The summed E-state index contributed by atoms with van der Waals surface area (Å²) in [6.07, 6.45) is 18.8. The molecule has 0 bridgehead atoms. The Hall–Kier alpha value is -0.0400. The summed E-state index contributed by atoms with van der Waals surface area (Å²) in [5.74, 6) is 1.07. The van der Waals surface area contributed by atoms with Crippen LogP contribution >= 0.6 is 0 Å². The third kappa shape index (κ3) is 11.5. The van der Waals surface area contributed by atoms with Gasteiger partial charge in [0.25, 0.3) is 0 Å². The summed E-state index contributed by atoms with van der Waals surface area (Å²) in [5.41, 5.74) is 0. The van der Waals surface area contributed by atoms with Crippen LogP contribution in [0.5, 0.6) is 0 Å². The molecule has 0 spiro atoms. The second-order valence-corrected chi connectivity index (χ2v) is 6.72. The molecule has 1 saturated carbocycles. The monoisotopic (exact) mass is 267 g/mol. The molecular weight excluding hydrogens is 230 g/mol. The van der Waals surface area contributed by atoms with E-state index in [-0.39, 0.29) is 0 Å². The van der Waals surface area contributed by atoms with Crippen LogP contribution in [0.25, 0.3) is 0 Å². The number of nitrogens with one attached hydrogen (secondary N) is 1. The van der Waals surface area contributed by atoms with Gasteiger partial charge >= 0.3 is 0 Å². The molecule has 0 amide bonds. The van der Waals surface area contributed by atoms with Crippen LogP contribution in [-0.2, 0) is 0 Å². The highest BCUT2D eigenvalue weighted by Gasteiger charge is 2.22. The van der Waals surface area contributed by atoms with Crippen molar-refractivity contribution in [3.63, 3.8) is 0 Å². The van der Waals surface area contributed by atoms with E-state index in [4.69, 9.17) is 0 Å². The number of unbranched alkanes of at least 4 members (excludes halogenated alkanes) is 9. The van der Waals surface area contributed by atoms with Gasteiger partial charge in [-0.1, -0.05) is 77.6 Å². The molecule has 0 saturated heterocycles. The first-order valence-corrected chi connectivity index (χ1v) is 9.06. The summed E-state index contributed by atoms with van der Waals surface area (Å²) in [5, 5.41) is 3.68. The van der Waals surface area contributed by atoms with E-state index in [0.29, 0.717) is 0 Å². The molecule has 0 aliphatic heterocycles. The highest BCUT2D eigenvalue weighted by atomic mass is 14.9. The van der Waals surface area contributed by atoms with Crippen molar-refractivity contribution < 1.29 is 0 Å². The molecule has 1 atom stereocenters. The molecule has 0 aromatic carbocycles. The van der Waals surface area contributed by atoms with E-state index in [2.05, 4.69) is 19.2 Å². The fraction of sp³-hybridized carbons (Fsp3) is 1.00. The molecule has 19 heavy (non-hydrogen) atoms. The molecule has 114 valence electrons. The molecule has 1 N–H and O–H groups in total. The van der Waals surface area contributed by atoms with E-state index < -0.39 is 0 Å². The predicted molar refractivity (Wildman–Crippen MR) is 86.6 cm³/mol. The van der Waals surface area contributed by atoms with E-state index in [1.165, 1.54) is 90.0 Å². The molecule has 1 aliphatic rings. The highest BCUT2D eigenvalue weighted by molar-refractivity contribution is 4.77. The molecule has 1 fully saturated rings. The van der Waals surface area contributed by atoms with Gasteiger partial charge in [0, 0.05) is 6.04 Å². The van der Waals surface area contributed by atoms with Gasteiger partial charge in [0.1, 0.15) is 0 Å². The quantitative estimate of drug-likeness (QED) is 0.399. The summed E-state index contributed by atoms with van der Waals surface area (Å²) in [6, 6.07) is 0.756. The first-order chi connectivity index (χ1) is 9.33. The minimum Gasteiger partial charge on any atom is -0.314 e. The Balaban J connectivity index is 1.68. The summed E-state index contributed by atoms with van der Waals surface area (Å²) in [7, 11) is 0. The highest BCUT2D eigenvalue weighted by Crippen LogP contribution is 2.33. The van der Waals surface area contributed by atoms with E-state index in [9.17, 15) is 0 Å². The Kier molecular flexibility index (Phi) is 10.5. The lowest BCUT2D eigenvalue weighted by Gasteiger charge is -2.12. The van der Waals surface area contributed by atoms with Crippen molar-refractivity contribution in [3.8, 4) is 0 Å². The van der Waals surface area contributed by atoms with Crippen molar-refractivity contribution in [3.05, 3.63) is 0 Å². The molecule has 0 radical (unpaired) electrons. The summed E-state index contributed by atoms with van der Waals surface area (Å²) < 4.78 is 0.